The summed E-state index contributed by atoms with van der Waals surface area (Å²) >= 11 is -3.33. The van der Waals surface area contributed by atoms with E-state index in [1.54, 1.807) is 0 Å². The van der Waals surface area contributed by atoms with E-state index in [9.17, 15) is 0 Å². The Hall–Kier alpha value is 1.25. The molecule has 0 saturated carbocycles. The van der Waals surface area contributed by atoms with Crippen LogP contribution in [0, 0.1) is 34.6 Å². The Morgan fingerprint density at radius 3 is 1.07 bits per heavy atom. The number of halogens is 4. The van der Waals surface area contributed by atoms with Crippen LogP contribution in [0.1, 0.15) is 27.8 Å². The topological polar surface area (TPSA) is 0 Å². The molecule has 0 aliphatic rings. The summed E-state index contributed by atoms with van der Waals surface area (Å²) in [6.07, 6.45) is 0. The van der Waals surface area contributed by atoms with Gasteiger partial charge in [0.15, 0.2) is 0 Å². The van der Waals surface area contributed by atoms with E-state index in [2.05, 4.69) is 34.6 Å². The molecule has 5 heteroatoms. The van der Waals surface area contributed by atoms with Crippen molar-refractivity contribution in [3.05, 3.63) is 27.8 Å². The molecule has 0 heterocycles. The van der Waals surface area contributed by atoms with Crippen LogP contribution >= 0.6 is 36.8 Å². The van der Waals surface area contributed by atoms with Gasteiger partial charge < -0.3 is 0 Å². The molecule has 1 rings (SSSR count). The molecule has 0 bridgehead atoms. The third-order valence-electron chi connectivity index (χ3n) is 2.81. The van der Waals surface area contributed by atoms with Gasteiger partial charge in [0.25, 0.3) is 0 Å². The summed E-state index contributed by atoms with van der Waals surface area (Å²) < 4.78 is 0. The Labute approximate surface area is 111 Å². The second-order valence-electron chi connectivity index (χ2n) is 3.51. The summed E-state index contributed by atoms with van der Waals surface area (Å²) in [7, 11) is 20.2. The van der Waals surface area contributed by atoms with Crippen molar-refractivity contribution in [1.29, 1.82) is 0 Å². The molecule has 89 valence electrons. The van der Waals surface area contributed by atoms with E-state index in [4.69, 9.17) is 36.8 Å². The zero-order chi connectivity index (χ0) is 12.4. The fraction of sp³-hybridized carbons (Fsp3) is 0.500. The molecular weight excluding hydrogens is 443 g/mol. The van der Waals surface area contributed by atoms with Crippen molar-refractivity contribution in [1.82, 2.24) is 0 Å². The number of hydrogen-bond acceptors (Lipinski definition) is 0. The molecule has 0 atom stereocenters. The molecule has 0 aliphatic carbocycles. The van der Waals surface area contributed by atoms with Crippen LogP contribution < -0.4 is 0 Å². The zero-order valence-corrected chi connectivity index (χ0v) is 15.7. The fourth-order valence-electron chi connectivity index (χ4n) is 1.41. The minimum absolute atomic E-state index is 1.47. The van der Waals surface area contributed by atoms with Gasteiger partial charge in [0, 0.05) is 0 Å². The molecule has 15 heavy (non-hydrogen) atoms. The van der Waals surface area contributed by atoms with Gasteiger partial charge in [0.1, 0.15) is 0 Å². The van der Waals surface area contributed by atoms with Gasteiger partial charge in [0.05, 0.1) is 0 Å². The molecule has 1 aromatic rings. The van der Waals surface area contributed by atoms with Crippen LogP contribution in [0.5, 0.6) is 0 Å². The molecule has 0 nitrogen and oxygen atoms in total. The van der Waals surface area contributed by atoms with Crippen molar-refractivity contribution >= 4 is 36.8 Å². The van der Waals surface area contributed by atoms with E-state index in [0.717, 1.165) is 0 Å². The summed E-state index contributed by atoms with van der Waals surface area (Å²) in [5, 5.41) is 0. The molecular formula is C10H15Cl4Ta-. The zero-order valence-electron chi connectivity index (χ0n) is 9.46. The van der Waals surface area contributed by atoms with Crippen molar-refractivity contribution in [2.45, 2.75) is 34.6 Å². The normalized spacial score (nSPS) is 11.0. The van der Waals surface area contributed by atoms with Gasteiger partial charge in [-0.2, -0.15) is 27.8 Å². The molecule has 0 N–H and O–H groups in total. The maximum absolute atomic E-state index is 5.04. The molecule has 0 aromatic heterocycles. The first-order chi connectivity index (χ1) is 6.55. The predicted molar refractivity (Wildman–Crippen MR) is 69.1 cm³/mol. The summed E-state index contributed by atoms with van der Waals surface area (Å²) in [6, 6.07) is 0. The second kappa shape index (κ2) is 6.26. The Morgan fingerprint density at radius 2 is 1.00 bits per heavy atom. The van der Waals surface area contributed by atoms with Crippen molar-refractivity contribution < 1.29 is 12.8 Å². The first kappa shape index (κ1) is 16.3. The Morgan fingerprint density at radius 1 is 0.800 bits per heavy atom. The Bertz CT molecular complexity index is 250. The summed E-state index contributed by atoms with van der Waals surface area (Å²) in [5.74, 6) is 0. The Balaban J connectivity index is 0.000000336. The molecule has 0 aliphatic heterocycles. The van der Waals surface area contributed by atoms with E-state index in [0.29, 0.717) is 0 Å². The molecule has 0 fully saturated rings. The summed E-state index contributed by atoms with van der Waals surface area (Å²) in [6.45, 7) is 11.0. The second-order valence-corrected chi connectivity index (χ2v) is 31.4. The van der Waals surface area contributed by atoms with Gasteiger partial charge in [-0.15, -0.1) is 0 Å². The van der Waals surface area contributed by atoms with Gasteiger partial charge >= 0.3 is 49.6 Å². The Kier molecular flexibility index (Phi) is 6.78. The third-order valence-corrected chi connectivity index (χ3v) is 2.81. The van der Waals surface area contributed by atoms with Crippen molar-refractivity contribution in [2.75, 3.05) is 0 Å². The van der Waals surface area contributed by atoms with Crippen LogP contribution in [0.15, 0.2) is 0 Å². The third kappa shape index (κ3) is 5.93. The van der Waals surface area contributed by atoms with Crippen LogP contribution in [0.2, 0.25) is 0 Å². The van der Waals surface area contributed by atoms with Crippen LogP contribution in [0.3, 0.4) is 0 Å². The molecule has 0 spiro atoms. The first-order valence-corrected chi connectivity index (χ1v) is 20.4. The molecule has 0 unspecified atom stereocenters. The van der Waals surface area contributed by atoms with Crippen LogP contribution in [0.25, 0.3) is 0 Å². The van der Waals surface area contributed by atoms with Crippen molar-refractivity contribution in [3.63, 3.8) is 0 Å². The molecule has 0 amide bonds. The molecule has 1 aromatic carbocycles. The van der Waals surface area contributed by atoms with E-state index in [-0.39, 0.29) is 0 Å². The van der Waals surface area contributed by atoms with E-state index in [1.807, 2.05) is 0 Å². The van der Waals surface area contributed by atoms with Crippen molar-refractivity contribution in [3.8, 4) is 0 Å². The summed E-state index contributed by atoms with van der Waals surface area (Å²) in [4.78, 5) is 0. The van der Waals surface area contributed by atoms with Gasteiger partial charge in [-0.3, -0.25) is 0 Å². The molecule has 0 saturated heterocycles. The average Bonchev–Trinajstić information content (AvgIpc) is 2.21. The molecule has 0 radical (unpaired) electrons. The van der Waals surface area contributed by atoms with Crippen molar-refractivity contribution in [2.24, 2.45) is 0 Å². The van der Waals surface area contributed by atoms with Gasteiger partial charge in [-0.1, -0.05) is 34.6 Å². The standard InChI is InChI=1S/C10H15.4ClH.Ta/c1-6-7(2)9(4)10(5)8(6)3;;;;;/h1-5H3;4*1H;/q-1;;;;;+4/p-4. The van der Waals surface area contributed by atoms with Crippen LogP contribution in [-0.4, -0.2) is 0 Å². The predicted octanol–water partition coefficient (Wildman–Crippen LogP) is 5.70. The van der Waals surface area contributed by atoms with Crippen LogP contribution in [0.4, 0.5) is 0 Å². The van der Waals surface area contributed by atoms with Gasteiger partial charge in [0.2, 0.25) is 0 Å². The number of rotatable bonds is 0. The van der Waals surface area contributed by atoms with E-state index >= 15 is 0 Å². The average molecular weight is 458 g/mol. The quantitative estimate of drug-likeness (QED) is 0.438. The van der Waals surface area contributed by atoms with E-state index < -0.39 is 12.8 Å². The monoisotopic (exact) mass is 456 g/mol. The number of hydrogen-bond donors (Lipinski definition) is 0. The van der Waals surface area contributed by atoms with E-state index in [1.165, 1.54) is 27.8 Å². The van der Waals surface area contributed by atoms with Crippen LogP contribution in [-0.2, 0) is 12.8 Å². The first-order valence-electron chi connectivity index (χ1n) is 4.43. The minimum atomic E-state index is -3.33. The van der Waals surface area contributed by atoms with Gasteiger partial charge in [-0.25, -0.2) is 0 Å². The maximum atomic E-state index is 5.04. The van der Waals surface area contributed by atoms with Gasteiger partial charge in [-0.05, 0) is 0 Å². The SMILES string of the molecule is Cc1c(C)c(C)[c-](C)c1C.[Cl][Ta]([Cl])([Cl])[Cl]. The fourth-order valence-corrected chi connectivity index (χ4v) is 1.41. The summed E-state index contributed by atoms with van der Waals surface area (Å²) in [5.41, 5.74) is 7.34.